The van der Waals surface area contributed by atoms with Crippen LogP contribution in [0.25, 0.3) is 0 Å². The van der Waals surface area contributed by atoms with Crippen LogP contribution in [-0.2, 0) is 9.59 Å². The zero-order chi connectivity index (χ0) is 11.8. The van der Waals surface area contributed by atoms with Crippen LogP contribution < -0.4 is 0 Å². The van der Waals surface area contributed by atoms with E-state index in [1.165, 1.54) is 14.0 Å². The molecule has 0 radical (unpaired) electrons. The second kappa shape index (κ2) is 3.75. The third-order valence-corrected chi connectivity index (χ3v) is 2.73. The number of hydrogen-bond acceptors (Lipinski definition) is 2. The van der Waals surface area contributed by atoms with Crippen molar-refractivity contribution in [1.29, 1.82) is 0 Å². The van der Waals surface area contributed by atoms with E-state index < -0.39 is 42.6 Å². The first kappa shape index (κ1) is 11.9. The van der Waals surface area contributed by atoms with Crippen LogP contribution in [0.2, 0.25) is 0 Å². The molecule has 0 aromatic carbocycles. The van der Waals surface area contributed by atoms with Crippen molar-refractivity contribution < 1.29 is 23.5 Å². The minimum Gasteiger partial charge on any atom is -0.480 e. The summed E-state index contributed by atoms with van der Waals surface area (Å²) in [6, 6.07) is -0.980. The van der Waals surface area contributed by atoms with Gasteiger partial charge in [-0.15, -0.1) is 0 Å². The summed E-state index contributed by atoms with van der Waals surface area (Å²) < 4.78 is 25.0. The first-order valence-corrected chi connectivity index (χ1v) is 4.62. The molecule has 0 aliphatic heterocycles. The number of halogens is 2. The molecule has 0 aromatic heterocycles. The summed E-state index contributed by atoms with van der Waals surface area (Å²) in [5.41, 5.74) is 0. The maximum atomic E-state index is 12.5. The number of carboxylic acids is 1. The van der Waals surface area contributed by atoms with E-state index in [2.05, 4.69) is 0 Å². The average Bonchev–Trinajstić information content (AvgIpc) is 2.10. The fraction of sp³-hybridized carbons (Fsp3) is 0.778. The Hall–Kier alpha value is -1.20. The summed E-state index contributed by atoms with van der Waals surface area (Å²) in [4.78, 5) is 23.0. The molecule has 1 N–H and O–H groups in total. The van der Waals surface area contributed by atoms with Gasteiger partial charge in [0.25, 0.3) is 0 Å². The lowest BCUT2D eigenvalue weighted by molar-refractivity contribution is -0.164. The van der Waals surface area contributed by atoms with Crippen molar-refractivity contribution >= 4 is 11.9 Å². The van der Waals surface area contributed by atoms with Crippen LogP contribution in [-0.4, -0.2) is 40.9 Å². The van der Waals surface area contributed by atoms with Crippen LogP contribution in [0, 0.1) is 5.92 Å². The standard InChI is InChI=1S/C9H13F2NO3/c1-5(8(14)15)12(2)7(13)6-3-9(10,11)4-6/h5-6H,3-4H2,1-2H3,(H,14,15). The number of carbonyl (C=O) groups is 2. The van der Waals surface area contributed by atoms with Crippen molar-refractivity contribution in [2.24, 2.45) is 5.92 Å². The minimum atomic E-state index is -2.76. The van der Waals surface area contributed by atoms with Crippen molar-refractivity contribution in [1.82, 2.24) is 4.90 Å². The van der Waals surface area contributed by atoms with E-state index in [1.54, 1.807) is 0 Å². The van der Waals surface area contributed by atoms with Crippen molar-refractivity contribution in [3.63, 3.8) is 0 Å². The normalized spacial score (nSPS) is 21.6. The molecular formula is C9H13F2NO3. The molecule has 86 valence electrons. The molecule has 1 aliphatic rings. The molecule has 4 nitrogen and oxygen atoms in total. The molecule has 1 unspecified atom stereocenters. The molecule has 0 saturated heterocycles. The van der Waals surface area contributed by atoms with E-state index in [-0.39, 0.29) is 0 Å². The van der Waals surface area contributed by atoms with Gasteiger partial charge in [-0.2, -0.15) is 0 Å². The van der Waals surface area contributed by atoms with Gasteiger partial charge in [0.2, 0.25) is 11.8 Å². The zero-order valence-corrected chi connectivity index (χ0v) is 8.54. The summed E-state index contributed by atoms with van der Waals surface area (Å²) >= 11 is 0. The topological polar surface area (TPSA) is 57.6 Å². The molecular weight excluding hydrogens is 208 g/mol. The number of aliphatic carboxylic acids is 1. The van der Waals surface area contributed by atoms with Crippen LogP contribution >= 0.6 is 0 Å². The molecule has 1 atom stereocenters. The van der Waals surface area contributed by atoms with E-state index in [1.807, 2.05) is 0 Å². The highest BCUT2D eigenvalue weighted by molar-refractivity contribution is 5.85. The van der Waals surface area contributed by atoms with Gasteiger partial charge in [-0.25, -0.2) is 13.6 Å². The van der Waals surface area contributed by atoms with Crippen LogP contribution in [0.4, 0.5) is 8.78 Å². The lowest BCUT2D eigenvalue weighted by atomic mass is 9.80. The SMILES string of the molecule is CC(C(=O)O)N(C)C(=O)C1CC(F)(F)C1. The molecule has 0 aromatic rings. The lowest BCUT2D eigenvalue weighted by Gasteiger charge is -2.37. The minimum absolute atomic E-state index is 0.470. The number of rotatable bonds is 3. The summed E-state index contributed by atoms with van der Waals surface area (Å²) in [6.07, 6.45) is -0.939. The van der Waals surface area contributed by atoms with Gasteiger partial charge in [-0.3, -0.25) is 4.79 Å². The molecule has 1 saturated carbocycles. The quantitative estimate of drug-likeness (QED) is 0.772. The predicted molar refractivity (Wildman–Crippen MR) is 47.5 cm³/mol. The maximum absolute atomic E-state index is 12.5. The van der Waals surface area contributed by atoms with Crippen LogP contribution in [0.1, 0.15) is 19.8 Å². The van der Waals surface area contributed by atoms with Crippen molar-refractivity contribution in [2.45, 2.75) is 31.7 Å². The number of alkyl halides is 2. The molecule has 0 spiro atoms. The van der Waals surface area contributed by atoms with E-state index >= 15 is 0 Å². The van der Waals surface area contributed by atoms with Gasteiger partial charge < -0.3 is 10.0 Å². The van der Waals surface area contributed by atoms with E-state index in [0.29, 0.717) is 0 Å². The first-order chi connectivity index (χ1) is 6.74. The molecule has 0 heterocycles. The molecule has 1 rings (SSSR count). The highest BCUT2D eigenvalue weighted by atomic mass is 19.3. The predicted octanol–water partition coefficient (Wildman–Crippen LogP) is 0.963. The Balaban J connectivity index is 2.52. The van der Waals surface area contributed by atoms with Gasteiger partial charge in [0.05, 0.1) is 0 Å². The number of amides is 1. The van der Waals surface area contributed by atoms with Gasteiger partial charge in [-0.1, -0.05) is 0 Å². The molecule has 15 heavy (non-hydrogen) atoms. The van der Waals surface area contributed by atoms with Crippen molar-refractivity contribution in [3.8, 4) is 0 Å². The Bertz CT molecular complexity index is 285. The Morgan fingerprint density at radius 3 is 2.27 bits per heavy atom. The fourth-order valence-corrected chi connectivity index (χ4v) is 1.48. The van der Waals surface area contributed by atoms with E-state index in [4.69, 9.17) is 5.11 Å². The summed E-state index contributed by atoms with van der Waals surface area (Å²) in [6.45, 7) is 1.34. The number of carbonyl (C=O) groups excluding carboxylic acids is 1. The highest BCUT2D eigenvalue weighted by Crippen LogP contribution is 2.43. The van der Waals surface area contributed by atoms with Crippen LogP contribution in [0.3, 0.4) is 0 Å². The van der Waals surface area contributed by atoms with Gasteiger partial charge in [-0.05, 0) is 6.92 Å². The smallest absolute Gasteiger partial charge is 0.326 e. The summed E-state index contributed by atoms with van der Waals surface area (Å²) in [7, 11) is 1.32. The Morgan fingerprint density at radius 2 is 1.93 bits per heavy atom. The van der Waals surface area contributed by atoms with Gasteiger partial charge in [0.15, 0.2) is 0 Å². The third-order valence-electron chi connectivity index (χ3n) is 2.73. The second-order valence-electron chi connectivity index (χ2n) is 3.92. The Morgan fingerprint density at radius 1 is 1.47 bits per heavy atom. The largest absolute Gasteiger partial charge is 0.480 e. The summed E-state index contributed by atoms with van der Waals surface area (Å²) in [5, 5.41) is 8.63. The van der Waals surface area contributed by atoms with Crippen LogP contribution in [0.5, 0.6) is 0 Å². The van der Waals surface area contributed by atoms with E-state index in [9.17, 15) is 18.4 Å². The molecule has 0 bridgehead atoms. The van der Waals surface area contributed by atoms with Gasteiger partial charge in [0.1, 0.15) is 6.04 Å². The zero-order valence-electron chi connectivity index (χ0n) is 8.54. The van der Waals surface area contributed by atoms with Crippen molar-refractivity contribution in [3.05, 3.63) is 0 Å². The van der Waals surface area contributed by atoms with Gasteiger partial charge >= 0.3 is 5.97 Å². The maximum Gasteiger partial charge on any atom is 0.326 e. The number of nitrogens with zero attached hydrogens (tertiary/aromatic N) is 1. The average molecular weight is 221 g/mol. The third kappa shape index (κ3) is 2.43. The number of hydrogen-bond donors (Lipinski definition) is 1. The van der Waals surface area contributed by atoms with Crippen LogP contribution in [0.15, 0.2) is 0 Å². The van der Waals surface area contributed by atoms with Gasteiger partial charge in [0, 0.05) is 25.8 Å². The fourth-order valence-electron chi connectivity index (χ4n) is 1.48. The van der Waals surface area contributed by atoms with E-state index in [0.717, 1.165) is 4.90 Å². The lowest BCUT2D eigenvalue weighted by Crippen LogP contribution is -2.49. The summed E-state index contributed by atoms with van der Waals surface area (Å²) in [5.74, 6) is -5.15. The molecule has 1 amide bonds. The Labute approximate surface area is 85.9 Å². The number of likely N-dealkylation sites (N-methyl/N-ethyl adjacent to an activating group) is 1. The number of carboxylic acid groups (broad SMARTS) is 1. The highest BCUT2D eigenvalue weighted by Gasteiger charge is 2.50. The second-order valence-corrected chi connectivity index (χ2v) is 3.92. The molecule has 1 fully saturated rings. The molecule has 1 aliphatic carbocycles. The molecule has 6 heteroatoms. The van der Waals surface area contributed by atoms with Crippen molar-refractivity contribution in [2.75, 3.05) is 7.05 Å². The first-order valence-electron chi connectivity index (χ1n) is 4.62. The monoisotopic (exact) mass is 221 g/mol. The Kier molecular flexibility index (Phi) is 2.97.